The molecule has 2 aliphatic heterocycles. The Morgan fingerprint density at radius 1 is 0.974 bits per heavy atom. The number of fused-ring (bicyclic) bond motifs is 3. The number of rotatable bonds is 6. The zero-order valence-electron chi connectivity index (χ0n) is 21.4. The third-order valence-corrected chi connectivity index (χ3v) is 7.73. The fourth-order valence-corrected chi connectivity index (χ4v) is 5.88. The number of benzene rings is 2. The summed E-state index contributed by atoms with van der Waals surface area (Å²) in [6, 6.07) is 10.0. The Morgan fingerprint density at radius 3 is 2.28 bits per heavy atom. The highest BCUT2D eigenvalue weighted by Gasteiger charge is 2.53. The van der Waals surface area contributed by atoms with Gasteiger partial charge in [0.1, 0.15) is 5.15 Å². The Morgan fingerprint density at radius 2 is 1.67 bits per heavy atom. The van der Waals surface area contributed by atoms with Crippen molar-refractivity contribution in [3.63, 3.8) is 0 Å². The second-order valence-electron chi connectivity index (χ2n) is 9.41. The smallest absolute Gasteiger partial charge is 0.310 e. The van der Waals surface area contributed by atoms with E-state index in [1.54, 1.807) is 12.1 Å². The number of halogens is 1. The van der Waals surface area contributed by atoms with Crippen LogP contribution in [0.2, 0.25) is 5.15 Å². The van der Waals surface area contributed by atoms with Crippen LogP contribution in [0.5, 0.6) is 28.7 Å². The normalized spacial score (nSPS) is 22.4. The molecule has 202 valence electrons. The van der Waals surface area contributed by atoms with Crippen LogP contribution in [0.1, 0.15) is 39.0 Å². The van der Waals surface area contributed by atoms with Gasteiger partial charge in [0.2, 0.25) is 12.5 Å². The molecule has 3 aromatic rings. The first-order valence-electron chi connectivity index (χ1n) is 12.3. The number of nitrogens with one attached hydrogen (secondary N) is 1. The van der Waals surface area contributed by atoms with Gasteiger partial charge in [0, 0.05) is 18.0 Å². The van der Waals surface area contributed by atoms with Gasteiger partial charge in [0.15, 0.2) is 23.0 Å². The molecular formula is C28H25ClN2O8. The molecule has 0 unspecified atom stereocenters. The first kappa shape index (κ1) is 25.1. The van der Waals surface area contributed by atoms with Gasteiger partial charge in [-0.3, -0.25) is 9.59 Å². The summed E-state index contributed by atoms with van der Waals surface area (Å²) < 4.78 is 33.7. The topological polar surface area (TPSA) is 114 Å². The van der Waals surface area contributed by atoms with Crippen molar-refractivity contribution in [1.29, 1.82) is 0 Å². The number of carbonyl (C=O) groups excluding carboxylic acids is 2. The van der Waals surface area contributed by atoms with Gasteiger partial charge in [-0.25, -0.2) is 4.98 Å². The second-order valence-corrected chi connectivity index (χ2v) is 9.80. The molecule has 1 amide bonds. The summed E-state index contributed by atoms with van der Waals surface area (Å²) in [5, 5.41) is 3.39. The van der Waals surface area contributed by atoms with Crippen LogP contribution in [0.15, 0.2) is 42.6 Å². The van der Waals surface area contributed by atoms with Crippen molar-refractivity contribution in [1.82, 2.24) is 10.3 Å². The molecular weight excluding hydrogens is 528 g/mol. The van der Waals surface area contributed by atoms with E-state index in [0.29, 0.717) is 34.3 Å². The fraction of sp³-hybridized carbons (Fsp3) is 0.321. The molecule has 10 nitrogen and oxygen atoms in total. The molecule has 0 spiro atoms. The Labute approximate surface area is 229 Å². The van der Waals surface area contributed by atoms with E-state index in [4.69, 9.17) is 40.0 Å². The lowest BCUT2D eigenvalue weighted by atomic mass is 9.65. The second kappa shape index (κ2) is 9.85. The summed E-state index contributed by atoms with van der Waals surface area (Å²) in [4.78, 5) is 30.6. The molecule has 11 heteroatoms. The lowest BCUT2D eigenvalue weighted by molar-refractivity contribution is -0.141. The van der Waals surface area contributed by atoms with E-state index < -0.39 is 17.9 Å². The summed E-state index contributed by atoms with van der Waals surface area (Å²) in [5.74, 6) is 0.368. The molecule has 1 aromatic heterocycles. The number of nitrogens with zero attached hydrogens (tertiary/aromatic N) is 1. The highest BCUT2D eigenvalue weighted by Crippen LogP contribution is 2.55. The number of hydrogen-bond acceptors (Lipinski definition) is 9. The molecule has 0 radical (unpaired) electrons. The Kier molecular flexibility index (Phi) is 6.34. The van der Waals surface area contributed by atoms with E-state index in [1.807, 2.05) is 24.3 Å². The number of esters is 1. The largest absolute Gasteiger partial charge is 0.493 e. The highest BCUT2D eigenvalue weighted by atomic mass is 35.5. The van der Waals surface area contributed by atoms with Crippen molar-refractivity contribution in [2.45, 2.75) is 12.0 Å². The summed E-state index contributed by atoms with van der Waals surface area (Å²) in [6.07, 6.45) is 1.41. The molecule has 0 saturated carbocycles. The van der Waals surface area contributed by atoms with Crippen LogP contribution in [0.3, 0.4) is 0 Å². The molecule has 0 bridgehead atoms. The van der Waals surface area contributed by atoms with Crippen LogP contribution < -0.4 is 29.0 Å². The molecule has 6 rings (SSSR count). The SMILES string of the molecule is COc1cc([C@@H]2c3cc4c(cc3[C@@H](NC(=O)c3ccc(Cl)nc3)[C@H]3COC(=O)[C@H]23)OCO4)cc(OC)c1OC. The Bertz CT molecular complexity index is 1440. The van der Waals surface area contributed by atoms with Crippen LogP contribution >= 0.6 is 11.6 Å². The summed E-state index contributed by atoms with van der Waals surface area (Å²) in [6.45, 7) is 0.220. The van der Waals surface area contributed by atoms with Crippen LogP contribution in [-0.4, -0.2) is 51.6 Å². The highest BCUT2D eigenvalue weighted by molar-refractivity contribution is 6.29. The number of carbonyl (C=O) groups is 2. The maximum absolute atomic E-state index is 13.3. The molecule has 1 N–H and O–H groups in total. The number of methoxy groups -OCH3 is 3. The number of aromatic nitrogens is 1. The Hall–Kier alpha value is -4.18. The summed E-state index contributed by atoms with van der Waals surface area (Å²) in [7, 11) is 4.61. The third-order valence-electron chi connectivity index (χ3n) is 7.51. The van der Waals surface area contributed by atoms with Crippen molar-refractivity contribution in [3.8, 4) is 28.7 Å². The van der Waals surface area contributed by atoms with Gasteiger partial charge < -0.3 is 33.7 Å². The number of pyridine rings is 1. The maximum atomic E-state index is 13.3. The van der Waals surface area contributed by atoms with Crippen LogP contribution in [0.4, 0.5) is 0 Å². The first-order chi connectivity index (χ1) is 18.9. The predicted molar refractivity (Wildman–Crippen MR) is 138 cm³/mol. The van der Waals surface area contributed by atoms with Crippen molar-refractivity contribution < 1.29 is 38.0 Å². The van der Waals surface area contributed by atoms with Crippen LogP contribution in [0, 0.1) is 11.8 Å². The van der Waals surface area contributed by atoms with Gasteiger partial charge in [0.25, 0.3) is 5.91 Å². The van der Waals surface area contributed by atoms with Gasteiger partial charge in [-0.15, -0.1) is 0 Å². The molecule has 39 heavy (non-hydrogen) atoms. The average Bonchev–Trinajstić information content (AvgIpc) is 3.57. The number of cyclic esters (lactones) is 1. The van der Waals surface area contributed by atoms with Crippen molar-refractivity contribution >= 4 is 23.5 Å². The average molecular weight is 553 g/mol. The first-order valence-corrected chi connectivity index (χ1v) is 12.6. The summed E-state index contributed by atoms with van der Waals surface area (Å²) >= 11 is 5.91. The third kappa shape index (κ3) is 4.15. The number of ether oxygens (including phenoxy) is 6. The molecule has 1 aliphatic carbocycles. The van der Waals surface area contributed by atoms with Crippen molar-refractivity contribution in [3.05, 3.63) is 70.0 Å². The van der Waals surface area contributed by atoms with Gasteiger partial charge in [-0.2, -0.15) is 0 Å². The lowest BCUT2D eigenvalue weighted by Crippen LogP contribution is -2.42. The minimum atomic E-state index is -0.602. The molecule has 1 fully saturated rings. The van der Waals surface area contributed by atoms with E-state index in [-0.39, 0.29) is 36.3 Å². The zero-order valence-corrected chi connectivity index (χ0v) is 22.1. The monoisotopic (exact) mass is 552 g/mol. The van der Waals surface area contributed by atoms with E-state index in [9.17, 15) is 9.59 Å². The van der Waals surface area contributed by atoms with E-state index in [2.05, 4.69) is 10.3 Å². The molecule has 2 aromatic carbocycles. The van der Waals surface area contributed by atoms with Crippen LogP contribution in [-0.2, 0) is 9.53 Å². The minimum Gasteiger partial charge on any atom is -0.493 e. The van der Waals surface area contributed by atoms with Crippen LogP contribution in [0.25, 0.3) is 0 Å². The Balaban J connectivity index is 1.51. The molecule has 1 saturated heterocycles. The van der Waals surface area contributed by atoms with E-state index in [1.165, 1.54) is 27.5 Å². The standard InChI is InChI=1S/C28H25ClN2O8/c1-34-20-6-14(7-21(35-2)26(20)36-3)23-15-8-18-19(39-12-38-18)9-16(15)25(17-11-37-28(33)24(17)23)31-27(32)13-4-5-22(29)30-10-13/h4-10,17,23-25H,11-12H2,1-3H3,(H,31,32)/t17-,23+,24-,25+/m0/s1. The van der Waals surface area contributed by atoms with E-state index >= 15 is 0 Å². The molecule has 3 heterocycles. The number of amides is 1. The summed E-state index contributed by atoms with van der Waals surface area (Å²) in [5.41, 5.74) is 2.71. The quantitative estimate of drug-likeness (QED) is 0.359. The lowest BCUT2D eigenvalue weighted by Gasteiger charge is -2.39. The zero-order chi connectivity index (χ0) is 27.3. The molecule has 4 atom stereocenters. The maximum Gasteiger partial charge on any atom is 0.310 e. The predicted octanol–water partition coefficient (Wildman–Crippen LogP) is 3.90. The molecule has 3 aliphatic rings. The fourth-order valence-electron chi connectivity index (χ4n) is 5.76. The van der Waals surface area contributed by atoms with Gasteiger partial charge in [-0.1, -0.05) is 11.6 Å². The van der Waals surface area contributed by atoms with Gasteiger partial charge in [0.05, 0.1) is 45.5 Å². The van der Waals surface area contributed by atoms with Gasteiger partial charge >= 0.3 is 5.97 Å². The van der Waals surface area contributed by atoms with Crippen molar-refractivity contribution in [2.24, 2.45) is 11.8 Å². The minimum absolute atomic E-state index is 0.0788. The van der Waals surface area contributed by atoms with Crippen molar-refractivity contribution in [2.75, 3.05) is 34.7 Å². The van der Waals surface area contributed by atoms with E-state index in [0.717, 1.165) is 16.7 Å². The van der Waals surface area contributed by atoms with Gasteiger partial charge in [-0.05, 0) is 53.1 Å². The number of hydrogen-bond donors (Lipinski definition) is 1.